The molecule has 1 aliphatic carbocycles. The Kier molecular flexibility index (Phi) is 7.81. The number of likely N-dealkylation sites (tertiary alicyclic amines) is 1. The van der Waals surface area contributed by atoms with E-state index in [0.29, 0.717) is 24.1 Å². The Morgan fingerprint density at radius 2 is 2.09 bits per heavy atom. The van der Waals surface area contributed by atoms with E-state index in [1.165, 1.54) is 24.0 Å². The number of aromatic amines is 1. The van der Waals surface area contributed by atoms with E-state index in [2.05, 4.69) is 15.3 Å². The number of carboxylic acids is 1. The van der Waals surface area contributed by atoms with Crippen LogP contribution in [0.4, 0.5) is 0 Å². The molecule has 4 aliphatic rings. The van der Waals surface area contributed by atoms with Gasteiger partial charge in [0.15, 0.2) is 5.16 Å². The summed E-state index contributed by atoms with van der Waals surface area (Å²) in [6.07, 6.45) is 5.45. The molecule has 3 aliphatic heterocycles. The maximum absolute atomic E-state index is 12.8. The topological polar surface area (TPSA) is 156 Å². The van der Waals surface area contributed by atoms with E-state index < -0.39 is 29.2 Å². The standard InChI is InChI=1S/C21H21N5O6S2.Na/c27-13-3-5-22-21(24-13)34-9-14(28)23-15-18(30)26-16(20(31)32)11(8-33-19(15)26)7-10-4-6-25(17(10)29)12-1-2-12;/h3,5,7,12,15,19H,1-2,4,6,8-9H2,(H,23,28)(H,31,32)(H,22,24,27);/q;+1/p-1/b10-7+;/t15-,19-;/m1./s1. The molecule has 0 aromatic carbocycles. The second-order valence-corrected chi connectivity index (χ2v) is 10.4. The first-order valence-corrected chi connectivity index (χ1v) is 12.7. The van der Waals surface area contributed by atoms with E-state index in [1.807, 2.05) is 4.90 Å². The average Bonchev–Trinajstić information content (AvgIpc) is 3.59. The Labute approximate surface area is 230 Å². The van der Waals surface area contributed by atoms with E-state index in [-0.39, 0.29) is 69.4 Å². The van der Waals surface area contributed by atoms with Gasteiger partial charge in [-0.2, -0.15) is 0 Å². The predicted octanol–water partition coefficient (Wildman–Crippen LogP) is -4.41. The summed E-state index contributed by atoms with van der Waals surface area (Å²) in [6, 6.07) is 0.670. The van der Waals surface area contributed by atoms with E-state index >= 15 is 0 Å². The van der Waals surface area contributed by atoms with Crippen LogP contribution >= 0.6 is 23.5 Å². The summed E-state index contributed by atoms with van der Waals surface area (Å²) in [5.41, 5.74) is 0.329. The summed E-state index contributed by atoms with van der Waals surface area (Å²) in [5.74, 6) is -2.36. The van der Waals surface area contributed by atoms with Gasteiger partial charge in [0, 0.05) is 36.2 Å². The van der Waals surface area contributed by atoms with Gasteiger partial charge in [-0.1, -0.05) is 11.8 Å². The van der Waals surface area contributed by atoms with Crippen LogP contribution in [0.1, 0.15) is 19.3 Å². The van der Waals surface area contributed by atoms with Crippen molar-refractivity contribution in [2.24, 2.45) is 0 Å². The van der Waals surface area contributed by atoms with Crippen molar-refractivity contribution in [3.63, 3.8) is 0 Å². The first-order chi connectivity index (χ1) is 16.3. The number of carboxylic acid groups (broad SMARTS) is 1. The molecule has 2 atom stereocenters. The smallest absolute Gasteiger partial charge is 0.543 e. The predicted molar refractivity (Wildman–Crippen MR) is 120 cm³/mol. The van der Waals surface area contributed by atoms with E-state index in [0.717, 1.165) is 29.5 Å². The van der Waals surface area contributed by atoms with Crippen molar-refractivity contribution in [3.05, 3.63) is 45.5 Å². The number of aliphatic carboxylic acids is 1. The first kappa shape index (κ1) is 26.0. The van der Waals surface area contributed by atoms with Gasteiger partial charge in [0.2, 0.25) is 11.8 Å². The molecule has 35 heavy (non-hydrogen) atoms. The third-order valence-corrected chi connectivity index (χ3v) is 8.18. The van der Waals surface area contributed by atoms with E-state index in [1.54, 1.807) is 6.08 Å². The third kappa shape index (κ3) is 5.24. The van der Waals surface area contributed by atoms with Gasteiger partial charge < -0.3 is 25.1 Å². The fourth-order valence-electron chi connectivity index (χ4n) is 4.23. The number of carbonyl (C=O) groups is 4. The van der Waals surface area contributed by atoms with Crippen LogP contribution in [0.2, 0.25) is 0 Å². The van der Waals surface area contributed by atoms with Gasteiger partial charge in [-0.15, -0.1) is 11.8 Å². The fraction of sp³-hybridized carbons (Fsp3) is 0.429. The Morgan fingerprint density at radius 3 is 2.77 bits per heavy atom. The van der Waals surface area contributed by atoms with Crippen molar-refractivity contribution in [2.75, 3.05) is 18.1 Å². The van der Waals surface area contributed by atoms with Crippen LogP contribution in [0.25, 0.3) is 0 Å². The first-order valence-electron chi connectivity index (χ1n) is 10.7. The molecule has 3 fully saturated rings. The molecule has 0 spiro atoms. The number of nitrogens with one attached hydrogen (secondary N) is 2. The largest absolute Gasteiger partial charge is 1.00 e. The molecule has 2 saturated heterocycles. The molecule has 2 N–H and O–H groups in total. The van der Waals surface area contributed by atoms with Crippen LogP contribution in [0.15, 0.2) is 45.1 Å². The number of nitrogens with zero attached hydrogens (tertiary/aromatic N) is 3. The van der Waals surface area contributed by atoms with Crippen molar-refractivity contribution in [3.8, 4) is 0 Å². The molecule has 178 valence electrons. The monoisotopic (exact) mass is 525 g/mol. The van der Waals surface area contributed by atoms with Gasteiger partial charge in [0.1, 0.15) is 11.4 Å². The zero-order valence-corrected chi connectivity index (χ0v) is 22.4. The zero-order valence-electron chi connectivity index (χ0n) is 18.8. The minimum Gasteiger partial charge on any atom is -0.543 e. The maximum atomic E-state index is 12.8. The molecule has 1 aromatic heterocycles. The van der Waals surface area contributed by atoms with Crippen molar-refractivity contribution < 1.29 is 53.8 Å². The van der Waals surface area contributed by atoms with Crippen LogP contribution in [-0.2, 0) is 19.2 Å². The molecule has 1 saturated carbocycles. The molecule has 14 heteroatoms. The zero-order chi connectivity index (χ0) is 24.0. The van der Waals surface area contributed by atoms with Crippen LogP contribution in [-0.4, -0.2) is 79.0 Å². The number of β-lactam (4-membered cyclic amide) rings is 1. The fourth-order valence-corrected chi connectivity index (χ4v) is 6.20. The minimum absolute atomic E-state index is 0. The molecule has 0 bridgehead atoms. The van der Waals surface area contributed by atoms with Crippen molar-refractivity contribution in [1.82, 2.24) is 25.1 Å². The Hall–Kier alpha value is -2.06. The normalized spacial score (nSPS) is 24.7. The molecule has 3 amide bonds. The van der Waals surface area contributed by atoms with Crippen molar-refractivity contribution in [2.45, 2.75) is 41.9 Å². The summed E-state index contributed by atoms with van der Waals surface area (Å²) in [4.78, 5) is 70.4. The van der Waals surface area contributed by atoms with Gasteiger partial charge in [-0.25, -0.2) is 4.98 Å². The molecule has 11 nitrogen and oxygen atoms in total. The summed E-state index contributed by atoms with van der Waals surface area (Å²) in [5, 5.41) is 14.3. The van der Waals surface area contributed by atoms with E-state index in [9.17, 15) is 29.1 Å². The molecule has 5 rings (SSSR count). The number of amides is 3. The van der Waals surface area contributed by atoms with Crippen LogP contribution in [0.3, 0.4) is 0 Å². The summed E-state index contributed by atoms with van der Waals surface area (Å²) in [6.45, 7) is 0.625. The number of aromatic nitrogens is 2. The van der Waals surface area contributed by atoms with Crippen LogP contribution in [0, 0.1) is 0 Å². The van der Waals surface area contributed by atoms with Crippen LogP contribution in [0.5, 0.6) is 0 Å². The third-order valence-electron chi connectivity index (χ3n) is 5.99. The van der Waals surface area contributed by atoms with Gasteiger partial charge in [0.25, 0.3) is 11.5 Å². The van der Waals surface area contributed by atoms with Gasteiger partial charge in [-0.05, 0) is 30.9 Å². The number of carbonyl (C=O) groups excluding carboxylic acids is 4. The second kappa shape index (κ2) is 10.5. The van der Waals surface area contributed by atoms with Gasteiger partial charge >= 0.3 is 29.6 Å². The number of rotatable bonds is 7. The van der Waals surface area contributed by atoms with Crippen LogP contribution < -0.4 is 45.5 Å². The Morgan fingerprint density at radius 1 is 1.31 bits per heavy atom. The average molecular weight is 526 g/mol. The molecular formula is C21H20N5NaO6S2. The maximum Gasteiger partial charge on any atom is 1.00 e. The number of allylic oxidation sites excluding steroid dienone is 1. The summed E-state index contributed by atoms with van der Waals surface area (Å²) >= 11 is 2.33. The van der Waals surface area contributed by atoms with Crippen molar-refractivity contribution >= 4 is 47.2 Å². The Bertz CT molecular complexity index is 1210. The van der Waals surface area contributed by atoms with E-state index in [4.69, 9.17) is 0 Å². The molecule has 0 unspecified atom stereocenters. The number of hydrogen-bond acceptors (Lipinski definition) is 9. The molecular weight excluding hydrogens is 505 g/mol. The van der Waals surface area contributed by atoms with Gasteiger partial charge in [-0.3, -0.25) is 24.1 Å². The minimum atomic E-state index is -1.49. The molecule has 1 aromatic rings. The SMILES string of the molecule is O=C(CSc1nccc(=O)[nH]1)N[C@@H]1C(=O)N2C(C(=O)[O-])=C(/C=C3\CCN(C4CC4)C3=O)CS[C@H]12.[Na+]. The number of hydrogen-bond donors (Lipinski definition) is 2. The molecule has 0 radical (unpaired) electrons. The van der Waals surface area contributed by atoms with Gasteiger partial charge in [0.05, 0.1) is 17.4 Å². The number of thioether (sulfide) groups is 2. The number of H-pyrrole nitrogens is 1. The second-order valence-electron chi connectivity index (χ2n) is 8.29. The summed E-state index contributed by atoms with van der Waals surface area (Å²) in [7, 11) is 0. The Balaban J connectivity index is 0.00000289. The number of fused-ring (bicyclic) bond motifs is 1. The van der Waals surface area contributed by atoms with Crippen molar-refractivity contribution in [1.29, 1.82) is 0 Å². The summed E-state index contributed by atoms with van der Waals surface area (Å²) < 4.78 is 0. The molecule has 4 heterocycles. The quantitative estimate of drug-likeness (QED) is 0.118.